The minimum atomic E-state index is -3.76. The Morgan fingerprint density at radius 2 is 1.89 bits per heavy atom. The lowest BCUT2D eigenvalue weighted by molar-refractivity contribution is 0.601. The number of nitrogen functional groups attached to an aromatic ring is 1. The van der Waals surface area contributed by atoms with Crippen LogP contribution >= 0.6 is 23.2 Å². The average Bonchev–Trinajstić information content (AvgIpc) is 2.33. The molecule has 0 aliphatic heterocycles. The third kappa shape index (κ3) is 3.28. The first-order valence-corrected chi connectivity index (χ1v) is 7.32. The van der Waals surface area contributed by atoms with Crippen molar-refractivity contribution in [1.82, 2.24) is 4.98 Å². The zero-order chi connectivity index (χ0) is 14.0. The van der Waals surface area contributed by atoms with Crippen LogP contribution in [0.3, 0.4) is 0 Å². The number of hydrogen-bond donors (Lipinski definition) is 2. The van der Waals surface area contributed by atoms with Crippen molar-refractivity contribution in [3.63, 3.8) is 0 Å². The Balaban J connectivity index is 2.33. The molecule has 0 spiro atoms. The molecule has 1 aromatic carbocycles. The quantitative estimate of drug-likeness (QED) is 0.911. The van der Waals surface area contributed by atoms with Crippen LogP contribution < -0.4 is 10.5 Å². The summed E-state index contributed by atoms with van der Waals surface area (Å²) in [5.41, 5.74) is 5.64. The Morgan fingerprint density at radius 1 is 1.16 bits per heavy atom. The Labute approximate surface area is 120 Å². The molecule has 19 heavy (non-hydrogen) atoms. The van der Waals surface area contributed by atoms with E-state index in [0.717, 1.165) is 0 Å². The Hall–Kier alpha value is -1.50. The third-order valence-corrected chi connectivity index (χ3v) is 4.14. The molecular formula is C11H9Cl2N3O2S. The van der Waals surface area contributed by atoms with E-state index in [0.29, 0.717) is 5.02 Å². The summed E-state index contributed by atoms with van der Waals surface area (Å²) in [6.45, 7) is 0. The number of nitrogens with two attached hydrogens (primary N) is 1. The highest BCUT2D eigenvalue weighted by Gasteiger charge is 2.16. The van der Waals surface area contributed by atoms with Crippen LogP contribution in [-0.4, -0.2) is 13.4 Å². The number of benzene rings is 1. The molecule has 1 heterocycles. The standard InChI is InChI=1S/C11H9Cl2N3O2S/c12-7-1-3-10(9(13)5-7)16-19(17,18)8-2-4-11(14)15-6-8/h1-6,16H,(H2,14,15). The largest absolute Gasteiger partial charge is 0.384 e. The van der Waals surface area contributed by atoms with E-state index in [9.17, 15) is 8.42 Å². The van der Waals surface area contributed by atoms with Crippen molar-refractivity contribution in [2.45, 2.75) is 4.90 Å². The van der Waals surface area contributed by atoms with E-state index in [1.165, 1.54) is 36.5 Å². The smallest absolute Gasteiger partial charge is 0.263 e. The van der Waals surface area contributed by atoms with E-state index in [4.69, 9.17) is 28.9 Å². The molecule has 2 aromatic rings. The van der Waals surface area contributed by atoms with Gasteiger partial charge in [-0.05, 0) is 30.3 Å². The molecule has 0 saturated heterocycles. The first-order chi connectivity index (χ1) is 8.88. The van der Waals surface area contributed by atoms with Crippen molar-refractivity contribution in [3.05, 3.63) is 46.6 Å². The maximum atomic E-state index is 12.1. The molecule has 8 heteroatoms. The zero-order valence-electron chi connectivity index (χ0n) is 9.47. The predicted octanol–water partition coefficient (Wildman–Crippen LogP) is 2.77. The van der Waals surface area contributed by atoms with Gasteiger partial charge < -0.3 is 5.73 Å². The van der Waals surface area contributed by atoms with Gasteiger partial charge >= 0.3 is 0 Å². The van der Waals surface area contributed by atoms with Gasteiger partial charge in [-0.2, -0.15) is 0 Å². The van der Waals surface area contributed by atoms with Crippen molar-refractivity contribution in [2.75, 3.05) is 10.5 Å². The van der Waals surface area contributed by atoms with Crippen LogP contribution in [0.15, 0.2) is 41.4 Å². The zero-order valence-corrected chi connectivity index (χ0v) is 11.8. The van der Waals surface area contributed by atoms with E-state index in [2.05, 4.69) is 9.71 Å². The second kappa shape index (κ2) is 5.24. The summed E-state index contributed by atoms with van der Waals surface area (Å²) in [6.07, 6.45) is 1.17. The van der Waals surface area contributed by atoms with Crippen LogP contribution in [0.2, 0.25) is 10.0 Å². The minimum absolute atomic E-state index is 0.00674. The van der Waals surface area contributed by atoms with Crippen LogP contribution in [0, 0.1) is 0 Å². The molecule has 0 saturated carbocycles. The number of anilines is 2. The maximum absolute atomic E-state index is 12.1. The van der Waals surface area contributed by atoms with Crippen LogP contribution in [0.4, 0.5) is 11.5 Å². The van der Waals surface area contributed by atoms with Crippen LogP contribution in [-0.2, 0) is 10.0 Å². The van der Waals surface area contributed by atoms with E-state index >= 15 is 0 Å². The molecule has 0 aliphatic carbocycles. The normalized spacial score (nSPS) is 11.3. The van der Waals surface area contributed by atoms with Gasteiger partial charge in [-0.15, -0.1) is 0 Å². The van der Waals surface area contributed by atoms with Crippen LogP contribution in [0.25, 0.3) is 0 Å². The molecule has 0 fully saturated rings. The number of hydrogen-bond acceptors (Lipinski definition) is 4. The average molecular weight is 318 g/mol. The number of sulfonamides is 1. The third-order valence-electron chi connectivity index (χ3n) is 2.24. The first kappa shape index (κ1) is 13.9. The molecule has 0 unspecified atom stereocenters. The lowest BCUT2D eigenvalue weighted by Gasteiger charge is -2.09. The van der Waals surface area contributed by atoms with E-state index in [1.807, 2.05) is 0 Å². The molecule has 2 rings (SSSR count). The van der Waals surface area contributed by atoms with Crippen molar-refractivity contribution in [1.29, 1.82) is 0 Å². The molecule has 0 aliphatic rings. The lowest BCUT2D eigenvalue weighted by atomic mass is 10.3. The molecule has 1 aromatic heterocycles. The molecule has 0 bridgehead atoms. The summed E-state index contributed by atoms with van der Waals surface area (Å²) in [6, 6.07) is 7.22. The van der Waals surface area contributed by atoms with Crippen LogP contribution in [0.1, 0.15) is 0 Å². The van der Waals surface area contributed by atoms with Crippen LogP contribution in [0.5, 0.6) is 0 Å². The maximum Gasteiger partial charge on any atom is 0.263 e. The number of halogens is 2. The second-order valence-electron chi connectivity index (χ2n) is 3.65. The highest BCUT2D eigenvalue weighted by molar-refractivity contribution is 7.92. The minimum Gasteiger partial charge on any atom is -0.384 e. The van der Waals surface area contributed by atoms with E-state index in [-0.39, 0.29) is 21.4 Å². The van der Waals surface area contributed by atoms with Gasteiger partial charge in [0.25, 0.3) is 10.0 Å². The molecule has 0 atom stereocenters. The van der Waals surface area contributed by atoms with E-state index in [1.54, 1.807) is 0 Å². The summed E-state index contributed by atoms with van der Waals surface area (Å²) < 4.78 is 26.5. The van der Waals surface area contributed by atoms with Gasteiger partial charge in [0.1, 0.15) is 10.7 Å². The highest BCUT2D eigenvalue weighted by atomic mass is 35.5. The lowest BCUT2D eigenvalue weighted by Crippen LogP contribution is -2.13. The fraction of sp³-hybridized carbons (Fsp3) is 0. The van der Waals surface area contributed by atoms with Crippen molar-refractivity contribution >= 4 is 44.7 Å². The van der Waals surface area contributed by atoms with E-state index < -0.39 is 10.0 Å². The van der Waals surface area contributed by atoms with Crippen molar-refractivity contribution < 1.29 is 8.42 Å². The fourth-order valence-corrected chi connectivity index (χ4v) is 2.86. The van der Waals surface area contributed by atoms with Gasteiger partial charge in [0.05, 0.1) is 10.7 Å². The van der Waals surface area contributed by atoms with Gasteiger partial charge in [-0.3, -0.25) is 4.72 Å². The molecule has 100 valence electrons. The Bertz CT molecular complexity index is 702. The number of rotatable bonds is 3. The van der Waals surface area contributed by atoms with Gasteiger partial charge in [0.2, 0.25) is 0 Å². The van der Waals surface area contributed by atoms with Gasteiger partial charge in [0.15, 0.2) is 0 Å². The summed E-state index contributed by atoms with van der Waals surface area (Å²) in [7, 11) is -3.76. The highest BCUT2D eigenvalue weighted by Crippen LogP contribution is 2.27. The molecule has 0 radical (unpaired) electrons. The van der Waals surface area contributed by atoms with Crippen molar-refractivity contribution in [3.8, 4) is 0 Å². The monoisotopic (exact) mass is 317 g/mol. The van der Waals surface area contributed by atoms with Crippen molar-refractivity contribution in [2.24, 2.45) is 0 Å². The second-order valence-corrected chi connectivity index (χ2v) is 6.17. The van der Waals surface area contributed by atoms with Gasteiger partial charge in [0, 0.05) is 11.2 Å². The number of pyridine rings is 1. The van der Waals surface area contributed by atoms with Gasteiger partial charge in [-0.1, -0.05) is 23.2 Å². The molecule has 0 amide bonds. The predicted molar refractivity (Wildman–Crippen MR) is 75.9 cm³/mol. The first-order valence-electron chi connectivity index (χ1n) is 5.08. The van der Waals surface area contributed by atoms with Gasteiger partial charge in [-0.25, -0.2) is 13.4 Å². The summed E-state index contributed by atoms with van der Waals surface area (Å²) in [4.78, 5) is 3.72. The number of aromatic nitrogens is 1. The fourth-order valence-electron chi connectivity index (χ4n) is 1.33. The summed E-state index contributed by atoms with van der Waals surface area (Å²) in [5, 5.41) is 0.626. The Kier molecular flexibility index (Phi) is 3.84. The Morgan fingerprint density at radius 3 is 2.47 bits per heavy atom. The molecule has 3 N–H and O–H groups in total. The number of nitrogens with zero attached hydrogens (tertiary/aromatic N) is 1. The molecular weight excluding hydrogens is 309 g/mol. The SMILES string of the molecule is Nc1ccc(S(=O)(=O)Nc2ccc(Cl)cc2Cl)cn1. The summed E-state index contributed by atoms with van der Waals surface area (Å²) >= 11 is 11.6. The molecule has 5 nitrogen and oxygen atoms in total. The topological polar surface area (TPSA) is 85.1 Å². The summed E-state index contributed by atoms with van der Waals surface area (Å²) in [5.74, 6) is 0.239. The number of nitrogens with one attached hydrogen (secondary N) is 1.